The molecule has 7 rings (SSSR count). The van der Waals surface area contributed by atoms with E-state index in [9.17, 15) is 0 Å². The van der Waals surface area contributed by atoms with E-state index in [2.05, 4.69) is 36.4 Å². The Morgan fingerprint density at radius 2 is 0.711 bits per heavy atom. The minimum Gasteiger partial charge on any atom is -0.228 e. The summed E-state index contributed by atoms with van der Waals surface area (Å²) in [6.45, 7) is 0. The van der Waals surface area contributed by atoms with E-state index in [-0.39, 0.29) is 0 Å². The Kier molecular flexibility index (Phi) is 5.41. The highest BCUT2D eigenvalue weighted by Crippen LogP contribution is 2.34. The molecule has 2 heterocycles. The van der Waals surface area contributed by atoms with Crippen LogP contribution in [0.1, 0.15) is 0 Å². The molecule has 2 aromatic heterocycles. The average molecular weight is 487 g/mol. The van der Waals surface area contributed by atoms with Crippen molar-refractivity contribution in [2.45, 2.75) is 0 Å². The van der Waals surface area contributed by atoms with Gasteiger partial charge >= 0.3 is 0 Å². The zero-order valence-corrected chi connectivity index (χ0v) is 20.5. The van der Waals surface area contributed by atoms with Gasteiger partial charge in [0.2, 0.25) is 0 Å². The summed E-state index contributed by atoms with van der Waals surface area (Å²) in [5.74, 6) is 1.42. The number of fused-ring (bicyclic) bond motifs is 2. The highest BCUT2D eigenvalue weighted by molar-refractivity contribution is 5.97. The summed E-state index contributed by atoms with van der Waals surface area (Å²) in [5.41, 5.74) is 7.65. The molecule has 0 saturated heterocycles. The van der Waals surface area contributed by atoms with Crippen molar-refractivity contribution in [3.05, 3.63) is 133 Å². The van der Waals surface area contributed by atoms with Crippen LogP contribution >= 0.6 is 0 Å². The van der Waals surface area contributed by atoms with Crippen LogP contribution in [0, 0.1) is 0 Å². The number of aromatic nitrogens is 4. The van der Waals surface area contributed by atoms with Gasteiger partial charge < -0.3 is 0 Å². The van der Waals surface area contributed by atoms with E-state index in [1.807, 2.05) is 97.1 Å². The second kappa shape index (κ2) is 9.34. The summed E-state index contributed by atoms with van der Waals surface area (Å²) < 4.78 is 0. The highest BCUT2D eigenvalue weighted by atomic mass is 14.9. The number of benzene rings is 5. The maximum absolute atomic E-state index is 5.06. The molecule has 0 aliphatic carbocycles. The Bertz CT molecular complexity index is 1780. The van der Waals surface area contributed by atoms with E-state index in [0.29, 0.717) is 11.6 Å². The van der Waals surface area contributed by atoms with Gasteiger partial charge in [0.15, 0.2) is 11.6 Å². The van der Waals surface area contributed by atoms with Crippen LogP contribution in [-0.4, -0.2) is 19.9 Å². The quantitative estimate of drug-likeness (QED) is 0.251. The van der Waals surface area contributed by atoms with Crippen LogP contribution in [0.3, 0.4) is 0 Å². The summed E-state index contributed by atoms with van der Waals surface area (Å²) in [5, 5.41) is 2.03. The van der Waals surface area contributed by atoms with Crippen LogP contribution in [0.5, 0.6) is 0 Å². The molecule has 0 spiro atoms. The minimum absolute atomic E-state index is 0.712. The molecule has 0 amide bonds. The SMILES string of the molecule is c1ccc(-c2nc(-c3cccc(-c4nc(-c5ccccc5)nc5ccccc45)c3)c3ccccc3n2)cc1. The van der Waals surface area contributed by atoms with Crippen LogP contribution in [0.4, 0.5) is 0 Å². The molecule has 4 nitrogen and oxygen atoms in total. The van der Waals surface area contributed by atoms with E-state index in [0.717, 1.165) is 55.4 Å². The van der Waals surface area contributed by atoms with Gasteiger partial charge in [-0.3, -0.25) is 0 Å². The van der Waals surface area contributed by atoms with Gasteiger partial charge in [-0.1, -0.05) is 115 Å². The fourth-order valence-electron chi connectivity index (χ4n) is 4.84. The Morgan fingerprint density at radius 1 is 0.316 bits per heavy atom. The Labute approximate surface area is 220 Å². The smallest absolute Gasteiger partial charge is 0.160 e. The number of rotatable bonds is 4. The predicted molar refractivity (Wildman–Crippen MR) is 154 cm³/mol. The monoisotopic (exact) mass is 486 g/mol. The maximum Gasteiger partial charge on any atom is 0.160 e. The first-order valence-electron chi connectivity index (χ1n) is 12.6. The third-order valence-corrected chi connectivity index (χ3v) is 6.68. The third kappa shape index (κ3) is 3.98. The lowest BCUT2D eigenvalue weighted by Gasteiger charge is -2.12. The van der Waals surface area contributed by atoms with E-state index in [4.69, 9.17) is 19.9 Å². The van der Waals surface area contributed by atoms with Crippen molar-refractivity contribution >= 4 is 21.8 Å². The molecule has 0 bridgehead atoms. The number of nitrogens with zero attached hydrogens (tertiary/aromatic N) is 4. The molecule has 0 saturated carbocycles. The van der Waals surface area contributed by atoms with Gasteiger partial charge in [0, 0.05) is 33.0 Å². The van der Waals surface area contributed by atoms with Crippen molar-refractivity contribution in [2.75, 3.05) is 0 Å². The van der Waals surface area contributed by atoms with Crippen LogP contribution in [0.2, 0.25) is 0 Å². The zero-order valence-electron chi connectivity index (χ0n) is 20.5. The molecular weight excluding hydrogens is 464 g/mol. The van der Waals surface area contributed by atoms with Gasteiger partial charge in [-0.15, -0.1) is 0 Å². The largest absolute Gasteiger partial charge is 0.228 e. The Morgan fingerprint density at radius 3 is 1.18 bits per heavy atom. The summed E-state index contributed by atoms with van der Waals surface area (Å²) >= 11 is 0. The van der Waals surface area contributed by atoms with Gasteiger partial charge in [0.25, 0.3) is 0 Å². The van der Waals surface area contributed by atoms with Gasteiger partial charge in [0.1, 0.15) is 0 Å². The first kappa shape index (κ1) is 22.0. The number of hydrogen-bond donors (Lipinski definition) is 0. The molecule has 5 aromatic carbocycles. The van der Waals surface area contributed by atoms with Crippen molar-refractivity contribution in [2.24, 2.45) is 0 Å². The molecule has 0 fully saturated rings. The normalized spacial score (nSPS) is 11.2. The van der Waals surface area contributed by atoms with E-state index < -0.39 is 0 Å². The fourth-order valence-corrected chi connectivity index (χ4v) is 4.84. The van der Waals surface area contributed by atoms with Gasteiger partial charge in [-0.05, 0) is 18.2 Å². The molecule has 38 heavy (non-hydrogen) atoms. The summed E-state index contributed by atoms with van der Waals surface area (Å²) in [6.07, 6.45) is 0. The summed E-state index contributed by atoms with van der Waals surface area (Å²) in [6, 6.07) is 45.0. The zero-order chi connectivity index (χ0) is 25.3. The second-order valence-corrected chi connectivity index (χ2v) is 9.14. The Balaban J connectivity index is 1.44. The van der Waals surface area contributed by atoms with Crippen molar-refractivity contribution in [1.82, 2.24) is 19.9 Å². The fraction of sp³-hybridized carbons (Fsp3) is 0. The van der Waals surface area contributed by atoms with Gasteiger partial charge in [-0.25, -0.2) is 19.9 Å². The lowest BCUT2D eigenvalue weighted by Crippen LogP contribution is -1.97. The van der Waals surface area contributed by atoms with Crippen LogP contribution < -0.4 is 0 Å². The average Bonchev–Trinajstić information content (AvgIpc) is 3.01. The number of hydrogen-bond acceptors (Lipinski definition) is 4. The number of para-hydroxylation sites is 2. The van der Waals surface area contributed by atoms with Crippen LogP contribution in [0.15, 0.2) is 133 Å². The second-order valence-electron chi connectivity index (χ2n) is 9.14. The molecular formula is C34H22N4. The highest BCUT2D eigenvalue weighted by Gasteiger charge is 2.15. The van der Waals surface area contributed by atoms with Crippen molar-refractivity contribution in [3.8, 4) is 45.3 Å². The van der Waals surface area contributed by atoms with Gasteiger partial charge in [0.05, 0.1) is 22.4 Å². The Hall–Kier alpha value is -5.22. The van der Waals surface area contributed by atoms with E-state index >= 15 is 0 Å². The maximum atomic E-state index is 5.06. The first-order valence-corrected chi connectivity index (χ1v) is 12.6. The molecule has 0 atom stereocenters. The molecule has 0 unspecified atom stereocenters. The van der Waals surface area contributed by atoms with Crippen molar-refractivity contribution in [1.29, 1.82) is 0 Å². The predicted octanol–water partition coefficient (Wildman–Crippen LogP) is 8.24. The third-order valence-electron chi connectivity index (χ3n) is 6.68. The van der Waals surface area contributed by atoms with Crippen LogP contribution in [-0.2, 0) is 0 Å². The van der Waals surface area contributed by atoms with Crippen LogP contribution in [0.25, 0.3) is 67.1 Å². The lowest BCUT2D eigenvalue weighted by molar-refractivity contribution is 1.22. The van der Waals surface area contributed by atoms with Crippen molar-refractivity contribution in [3.63, 3.8) is 0 Å². The van der Waals surface area contributed by atoms with E-state index in [1.54, 1.807) is 0 Å². The molecule has 0 N–H and O–H groups in total. The molecule has 0 aliphatic heterocycles. The summed E-state index contributed by atoms with van der Waals surface area (Å²) in [4.78, 5) is 19.9. The first-order chi connectivity index (χ1) is 18.8. The molecule has 0 aliphatic rings. The molecule has 4 heteroatoms. The molecule has 0 radical (unpaired) electrons. The minimum atomic E-state index is 0.712. The standard InChI is InChI=1S/C34H22N4/c1-3-12-23(13-4-1)33-35-29-20-9-7-18-27(29)31(37-33)25-16-11-17-26(22-25)32-28-19-8-10-21-30(28)36-34(38-32)24-14-5-2-6-15-24/h1-22H. The van der Waals surface area contributed by atoms with Crippen molar-refractivity contribution < 1.29 is 0 Å². The van der Waals surface area contributed by atoms with Gasteiger partial charge in [-0.2, -0.15) is 0 Å². The topological polar surface area (TPSA) is 51.6 Å². The van der Waals surface area contributed by atoms with E-state index in [1.165, 1.54) is 0 Å². The molecule has 7 aromatic rings. The summed E-state index contributed by atoms with van der Waals surface area (Å²) in [7, 11) is 0. The molecule has 178 valence electrons. The lowest BCUT2D eigenvalue weighted by atomic mass is 10.00.